The van der Waals surface area contributed by atoms with E-state index in [2.05, 4.69) is 23.5 Å². The van der Waals surface area contributed by atoms with Gasteiger partial charge in [-0.15, -0.1) is 0 Å². The topological polar surface area (TPSA) is 56.0 Å². The quantitative estimate of drug-likeness (QED) is 0.910. The Bertz CT molecular complexity index is 793. The predicted molar refractivity (Wildman–Crippen MR) is 93.5 cm³/mol. The lowest BCUT2D eigenvalue weighted by Crippen LogP contribution is -2.37. The second-order valence-corrected chi connectivity index (χ2v) is 7.18. The molecule has 2 aliphatic carbocycles. The van der Waals surface area contributed by atoms with Gasteiger partial charge in [-0.05, 0) is 78.5 Å². The summed E-state index contributed by atoms with van der Waals surface area (Å²) in [5, 5.41) is 22.6. The first-order valence-corrected chi connectivity index (χ1v) is 8.76. The maximum Gasteiger partial charge on any atom is 0.115 e. The summed E-state index contributed by atoms with van der Waals surface area (Å²) in [4.78, 5) is 0. The molecule has 0 amide bonds. The fourth-order valence-corrected chi connectivity index (χ4v) is 4.52. The normalized spacial score (nSPS) is 24.9. The van der Waals surface area contributed by atoms with Crippen LogP contribution in [0, 0.1) is 23.2 Å². The summed E-state index contributed by atoms with van der Waals surface area (Å²) in [6.45, 7) is 0.814. The van der Waals surface area contributed by atoms with E-state index in [0.717, 1.165) is 24.9 Å². The molecule has 4 rings (SSSR count). The number of phenols is 1. The van der Waals surface area contributed by atoms with Crippen LogP contribution in [0.15, 0.2) is 42.5 Å². The Hall–Kier alpha value is -2.31. The number of hydrogen-bond acceptors (Lipinski definition) is 3. The van der Waals surface area contributed by atoms with Gasteiger partial charge in [-0.25, -0.2) is 0 Å². The number of nitriles is 1. The van der Waals surface area contributed by atoms with Gasteiger partial charge in [-0.2, -0.15) is 5.26 Å². The van der Waals surface area contributed by atoms with E-state index in [1.807, 2.05) is 30.3 Å². The van der Waals surface area contributed by atoms with E-state index in [1.54, 1.807) is 0 Å². The highest BCUT2D eigenvalue weighted by Crippen LogP contribution is 2.40. The fraction of sp³-hybridized carbons (Fsp3) is 0.381. The molecule has 0 saturated heterocycles. The van der Waals surface area contributed by atoms with Crippen LogP contribution in [-0.2, 0) is 19.4 Å². The van der Waals surface area contributed by atoms with Crippen LogP contribution >= 0.6 is 0 Å². The van der Waals surface area contributed by atoms with Crippen molar-refractivity contribution in [1.29, 1.82) is 5.26 Å². The average molecular weight is 318 g/mol. The van der Waals surface area contributed by atoms with E-state index >= 15 is 0 Å². The van der Waals surface area contributed by atoms with Crippen LogP contribution in [0.3, 0.4) is 0 Å². The molecule has 0 spiro atoms. The van der Waals surface area contributed by atoms with E-state index in [-0.39, 0.29) is 0 Å². The van der Waals surface area contributed by atoms with Crippen LogP contribution < -0.4 is 5.32 Å². The van der Waals surface area contributed by atoms with Crippen molar-refractivity contribution in [3.8, 4) is 11.8 Å². The molecule has 2 N–H and O–H groups in total. The summed E-state index contributed by atoms with van der Waals surface area (Å²) in [5.74, 6) is 1.68. The zero-order valence-corrected chi connectivity index (χ0v) is 13.7. The van der Waals surface area contributed by atoms with Crippen molar-refractivity contribution in [2.24, 2.45) is 11.8 Å². The van der Waals surface area contributed by atoms with Crippen LogP contribution in [-0.4, -0.2) is 11.1 Å². The van der Waals surface area contributed by atoms with Gasteiger partial charge in [0.1, 0.15) is 5.75 Å². The van der Waals surface area contributed by atoms with Gasteiger partial charge in [-0.1, -0.05) is 18.2 Å². The van der Waals surface area contributed by atoms with Crippen molar-refractivity contribution in [2.75, 3.05) is 0 Å². The lowest BCUT2D eigenvalue weighted by atomic mass is 9.93. The highest BCUT2D eigenvalue weighted by molar-refractivity contribution is 5.37. The third-order valence-corrected chi connectivity index (χ3v) is 5.68. The van der Waals surface area contributed by atoms with Gasteiger partial charge in [0.2, 0.25) is 0 Å². The Morgan fingerprint density at radius 1 is 1.04 bits per heavy atom. The molecule has 3 unspecified atom stereocenters. The molecule has 2 aliphatic rings. The lowest BCUT2D eigenvalue weighted by molar-refractivity contribution is 0.340. The summed E-state index contributed by atoms with van der Waals surface area (Å²) in [7, 11) is 0. The van der Waals surface area contributed by atoms with Crippen molar-refractivity contribution >= 4 is 0 Å². The largest absolute Gasteiger partial charge is 0.508 e. The van der Waals surface area contributed by atoms with Gasteiger partial charge < -0.3 is 10.4 Å². The Labute approximate surface area is 142 Å². The number of aromatic hydroxyl groups is 1. The first-order chi connectivity index (χ1) is 11.7. The molecule has 0 radical (unpaired) electrons. The molecule has 1 fully saturated rings. The van der Waals surface area contributed by atoms with Crippen molar-refractivity contribution in [1.82, 2.24) is 5.32 Å². The molecular weight excluding hydrogens is 296 g/mol. The predicted octanol–water partition coefficient (Wildman–Crippen LogP) is 3.55. The zero-order valence-electron chi connectivity index (χ0n) is 13.7. The Balaban J connectivity index is 1.50. The van der Waals surface area contributed by atoms with Crippen molar-refractivity contribution in [2.45, 2.75) is 38.3 Å². The third kappa shape index (κ3) is 2.90. The minimum atomic E-state index is 0.379. The first-order valence-electron chi connectivity index (χ1n) is 8.76. The van der Waals surface area contributed by atoms with Gasteiger partial charge in [0.25, 0.3) is 0 Å². The van der Waals surface area contributed by atoms with E-state index in [1.165, 1.54) is 29.5 Å². The number of benzene rings is 2. The standard InChI is InChI=1S/C21H22N2O/c22-12-14-2-1-3-15(8-14)13-23-21-17-4-5-18(21)10-19-11-20(24)7-6-16(19)9-17/h1-3,6-8,11,17-18,21,23-24H,4-5,9-10,13H2. The third-order valence-electron chi connectivity index (χ3n) is 5.68. The van der Waals surface area contributed by atoms with Crippen molar-refractivity contribution < 1.29 is 5.11 Å². The van der Waals surface area contributed by atoms with E-state index < -0.39 is 0 Å². The summed E-state index contributed by atoms with van der Waals surface area (Å²) in [6.07, 6.45) is 4.69. The molecule has 3 nitrogen and oxygen atoms in total. The molecular formula is C21H22N2O. The molecule has 3 heteroatoms. The highest BCUT2D eigenvalue weighted by Gasteiger charge is 2.38. The second kappa shape index (κ2) is 6.30. The molecule has 122 valence electrons. The molecule has 1 saturated carbocycles. The molecule has 2 aromatic rings. The van der Waals surface area contributed by atoms with Crippen LogP contribution in [0.1, 0.15) is 35.1 Å². The van der Waals surface area contributed by atoms with Gasteiger partial charge in [0, 0.05) is 12.6 Å². The van der Waals surface area contributed by atoms with Gasteiger partial charge >= 0.3 is 0 Å². The second-order valence-electron chi connectivity index (χ2n) is 7.18. The van der Waals surface area contributed by atoms with E-state index in [0.29, 0.717) is 23.6 Å². The summed E-state index contributed by atoms with van der Waals surface area (Å²) >= 11 is 0. The zero-order chi connectivity index (χ0) is 16.5. The highest BCUT2D eigenvalue weighted by atomic mass is 16.3. The molecule has 0 aliphatic heterocycles. The Kier molecular flexibility index (Phi) is 4.00. The number of phenolic OH excluding ortho intramolecular Hbond substituents is 1. The van der Waals surface area contributed by atoms with Crippen molar-refractivity contribution in [3.05, 3.63) is 64.7 Å². The Morgan fingerprint density at radius 3 is 2.62 bits per heavy atom. The fourth-order valence-electron chi connectivity index (χ4n) is 4.52. The first kappa shape index (κ1) is 15.2. The molecule has 24 heavy (non-hydrogen) atoms. The minimum Gasteiger partial charge on any atom is -0.508 e. The molecule has 3 atom stereocenters. The number of nitrogens with one attached hydrogen (secondary N) is 1. The molecule has 2 aromatic carbocycles. The van der Waals surface area contributed by atoms with Crippen LogP contribution in [0.4, 0.5) is 0 Å². The number of nitrogens with zero attached hydrogens (tertiary/aromatic N) is 1. The van der Waals surface area contributed by atoms with E-state index in [4.69, 9.17) is 5.26 Å². The molecule has 0 aromatic heterocycles. The minimum absolute atomic E-state index is 0.379. The number of hydrogen-bond donors (Lipinski definition) is 2. The SMILES string of the molecule is N#Cc1cccc(CNC2C3CCC2Cc2cc(O)ccc2C3)c1. The van der Waals surface area contributed by atoms with Gasteiger partial charge in [0.15, 0.2) is 0 Å². The summed E-state index contributed by atoms with van der Waals surface area (Å²) < 4.78 is 0. The smallest absolute Gasteiger partial charge is 0.115 e. The summed E-state index contributed by atoms with van der Waals surface area (Å²) in [6, 6.07) is 16.4. The maximum atomic E-state index is 9.78. The van der Waals surface area contributed by atoms with Gasteiger partial charge in [0.05, 0.1) is 11.6 Å². The maximum absolute atomic E-state index is 9.78. The van der Waals surface area contributed by atoms with Crippen molar-refractivity contribution in [3.63, 3.8) is 0 Å². The number of fused-ring (bicyclic) bond motifs is 3. The lowest BCUT2D eigenvalue weighted by Gasteiger charge is -2.24. The monoisotopic (exact) mass is 318 g/mol. The average Bonchev–Trinajstić information content (AvgIpc) is 2.88. The van der Waals surface area contributed by atoms with E-state index in [9.17, 15) is 5.11 Å². The molecule has 0 heterocycles. The number of rotatable bonds is 3. The van der Waals surface area contributed by atoms with Crippen LogP contribution in [0.25, 0.3) is 0 Å². The van der Waals surface area contributed by atoms with Crippen LogP contribution in [0.2, 0.25) is 0 Å². The van der Waals surface area contributed by atoms with Gasteiger partial charge in [-0.3, -0.25) is 0 Å². The summed E-state index contributed by atoms with van der Waals surface area (Å²) in [5.41, 5.74) is 4.62. The molecule has 2 bridgehead atoms. The van der Waals surface area contributed by atoms with Crippen LogP contribution in [0.5, 0.6) is 5.75 Å². The Morgan fingerprint density at radius 2 is 1.83 bits per heavy atom.